The zero-order chi connectivity index (χ0) is 11.5. The Balaban J connectivity index is 2.30. The second-order valence-corrected chi connectivity index (χ2v) is 5.20. The number of ether oxygens (including phenoxy) is 1. The van der Waals surface area contributed by atoms with Crippen molar-refractivity contribution in [3.63, 3.8) is 0 Å². The second-order valence-electron chi connectivity index (χ2n) is 4.28. The van der Waals surface area contributed by atoms with Gasteiger partial charge in [-0.15, -0.1) is 0 Å². The summed E-state index contributed by atoms with van der Waals surface area (Å²) in [6.07, 6.45) is 2.22. The molecule has 0 aliphatic carbocycles. The highest BCUT2D eigenvalue weighted by atomic mass is 79.9. The van der Waals surface area contributed by atoms with Crippen LogP contribution in [0.15, 0.2) is 16.6 Å². The van der Waals surface area contributed by atoms with Crippen LogP contribution >= 0.6 is 15.9 Å². The largest absolute Gasteiger partial charge is 0.493 e. The first kappa shape index (κ1) is 11.9. The van der Waals surface area contributed by atoms with E-state index in [1.807, 2.05) is 0 Å². The van der Waals surface area contributed by atoms with Crippen LogP contribution in [0.3, 0.4) is 0 Å². The lowest BCUT2D eigenvalue weighted by Crippen LogP contribution is -2.28. The Labute approximate surface area is 106 Å². The molecule has 3 heteroatoms. The van der Waals surface area contributed by atoms with Gasteiger partial charge in [-0.3, -0.25) is 0 Å². The van der Waals surface area contributed by atoms with Crippen molar-refractivity contribution >= 4 is 15.9 Å². The third kappa shape index (κ3) is 2.41. The highest BCUT2D eigenvalue weighted by Gasteiger charge is 2.22. The predicted octanol–water partition coefficient (Wildman–Crippen LogP) is 3.58. The molecule has 1 aliphatic heterocycles. The number of benzene rings is 1. The van der Waals surface area contributed by atoms with Crippen LogP contribution in [0.2, 0.25) is 0 Å². The van der Waals surface area contributed by atoms with Gasteiger partial charge in [0.15, 0.2) is 0 Å². The lowest BCUT2D eigenvalue weighted by Gasteiger charge is -2.28. The van der Waals surface area contributed by atoms with Crippen molar-refractivity contribution in [3.05, 3.63) is 27.7 Å². The Kier molecular flexibility index (Phi) is 3.87. The Hall–Kier alpha value is -0.540. The zero-order valence-electron chi connectivity index (χ0n) is 9.85. The van der Waals surface area contributed by atoms with Crippen LogP contribution in [-0.2, 0) is 0 Å². The molecule has 1 aromatic carbocycles. The molecule has 2 rings (SSSR count). The number of aryl methyl sites for hydroxylation is 1. The number of hydrogen-bond acceptors (Lipinski definition) is 2. The maximum Gasteiger partial charge on any atom is 0.127 e. The van der Waals surface area contributed by atoms with Gasteiger partial charge in [0, 0.05) is 22.5 Å². The van der Waals surface area contributed by atoms with Gasteiger partial charge in [-0.25, -0.2) is 0 Å². The number of fused-ring (bicyclic) bond motifs is 1. The fourth-order valence-corrected chi connectivity index (χ4v) is 2.77. The number of halogens is 1. The van der Waals surface area contributed by atoms with Gasteiger partial charge >= 0.3 is 0 Å². The van der Waals surface area contributed by atoms with Gasteiger partial charge in [0.25, 0.3) is 0 Å². The summed E-state index contributed by atoms with van der Waals surface area (Å²) in [5.41, 5.74) is 2.51. The van der Waals surface area contributed by atoms with Gasteiger partial charge < -0.3 is 10.1 Å². The molecule has 1 atom stereocenters. The summed E-state index contributed by atoms with van der Waals surface area (Å²) in [5.74, 6) is 1.07. The molecule has 0 bridgehead atoms. The quantitative estimate of drug-likeness (QED) is 0.916. The molecule has 1 N–H and O–H groups in total. The molecular weight excluding hydrogens is 266 g/mol. The van der Waals surface area contributed by atoms with Gasteiger partial charge in [-0.2, -0.15) is 0 Å². The topological polar surface area (TPSA) is 21.3 Å². The van der Waals surface area contributed by atoms with Crippen LogP contribution in [0.25, 0.3) is 0 Å². The molecule has 0 amide bonds. The van der Waals surface area contributed by atoms with Crippen LogP contribution < -0.4 is 10.1 Å². The van der Waals surface area contributed by atoms with E-state index in [2.05, 4.69) is 47.2 Å². The lowest BCUT2D eigenvalue weighted by atomic mass is 9.98. The van der Waals surface area contributed by atoms with Crippen molar-refractivity contribution in [2.75, 3.05) is 13.2 Å². The monoisotopic (exact) mass is 283 g/mol. The molecule has 0 spiro atoms. The molecule has 0 aromatic heterocycles. The minimum Gasteiger partial charge on any atom is -0.493 e. The van der Waals surface area contributed by atoms with E-state index in [1.165, 1.54) is 17.5 Å². The summed E-state index contributed by atoms with van der Waals surface area (Å²) in [7, 11) is 0. The van der Waals surface area contributed by atoms with Crippen molar-refractivity contribution in [2.24, 2.45) is 0 Å². The maximum atomic E-state index is 5.76. The first-order valence-electron chi connectivity index (χ1n) is 5.88. The normalized spacial score (nSPS) is 19.1. The predicted molar refractivity (Wildman–Crippen MR) is 70.0 cm³/mol. The van der Waals surface area contributed by atoms with Gasteiger partial charge in [-0.1, -0.05) is 22.9 Å². The van der Waals surface area contributed by atoms with Crippen molar-refractivity contribution in [2.45, 2.75) is 32.7 Å². The highest BCUT2D eigenvalue weighted by molar-refractivity contribution is 9.10. The molecule has 16 heavy (non-hydrogen) atoms. The van der Waals surface area contributed by atoms with E-state index in [1.54, 1.807) is 0 Å². The van der Waals surface area contributed by atoms with Crippen molar-refractivity contribution < 1.29 is 4.74 Å². The standard InChI is InChI=1S/C13H18BrNO/c1-3-5-15-12-4-6-16-13-9(2)7-10(14)8-11(12)13/h7-8,12,15H,3-6H2,1-2H3. The van der Waals surface area contributed by atoms with Gasteiger partial charge in [0.05, 0.1) is 6.61 Å². The summed E-state index contributed by atoms with van der Waals surface area (Å²) >= 11 is 3.55. The molecule has 1 unspecified atom stereocenters. The number of hydrogen-bond donors (Lipinski definition) is 1. The fourth-order valence-electron chi connectivity index (χ4n) is 2.18. The number of nitrogens with one attached hydrogen (secondary N) is 1. The van der Waals surface area contributed by atoms with Gasteiger partial charge in [0.2, 0.25) is 0 Å². The van der Waals surface area contributed by atoms with Crippen molar-refractivity contribution in [1.82, 2.24) is 5.32 Å². The van der Waals surface area contributed by atoms with Crippen LogP contribution in [0, 0.1) is 6.92 Å². The van der Waals surface area contributed by atoms with E-state index in [9.17, 15) is 0 Å². The van der Waals surface area contributed by atoms with Crippen molar-refractivity contribution in [1.29, 1.82) is 0 Å². The van der Waals surface area contributed by atoms with E-state index >= 15 is 0 Å². The molecule has 2 nitrogen and oxygen atoms in total. The summed E-state index contributed by atoms with van der Waals surface area (Å²) in [6, 6.07) is 4.73. The second kappa shape index (κ2) is 5.19. The minimum absolute atomic E-state index is 0.444. The Morgan fingerprint density at radius 2 is 2.31 bits per heavy atom. The zero-order valence-corrected chi connectivity index (χ0v) is 11.4. The molecular formula is C13H18BrNO. The molecule has 1 aromatic rings. The summed E-state index contributed by atoms with van der Waals surface area (Å²) in [4.78, 5) is 0. The van der Waals surface area contributed by atoms with E-state index in [-0.39, 0.29) is 0 Å². The Morgan fingerprint density at radius 1 is 1.50 bits per heavy atom. The van der Waals surface area contributed by atoms with E-state index in [0.717, 1.165) is 29.8 Å². The average Bonchev–Trinajstić information content (AvgIpc) is 2.26. The van der Waals surface area contributed by atoms with Crippen LogP contribution in [0.1, 0.15) is 36.9 Å². The van der Waals surface area contributed by atoms with E-state index in [4.69, 9.17) is 4.74 Å². The first-order chi connectivity index (χ1) is 7.72. The third-order valence-corrected chi connectivity index (χ3v) is 3.40. The SMILES string of the molecule is CCCNC1CCOc2c(C)cc(Br)cc21. The van der Waals surface area contributed by atoms with E-state index in [0.29, 0.717) is 6.04 Å². The van der Waals surface area contributed by atoms with Crippen molar-refractivity contribution in [3.8, 4) is 5.75 Å². The molecule has 88 valence electrons. The van der Waals surface area contributed by atoms with E-state index < -0.39 is 0 Å². The van der Waals surface area contributed by atoms with Gasteiger partial charge in [0.1, 0.15) is 5.75 Å². The summed E-state index contributed by atoms with van der Waals surface area (Å²) in [5, 5.41) is 3.58. The average molecular weight is 284 g/mol. The highest BCUT2D eigenvalue weighted by Crippen LogP contribution is 2.36. The Bertz CT molecular complexity index is 378. The fraction of sp³-hybridized carbons (Fsp3) is 0.538. The molecule has 0 fully saturated rings. The number of rotatable bonds is 3. The minimum atomic E-state index is 0.444. The summed E-state index contributed by atoms with van der Waals surface area (Å²) in [6.45, 7) is 6.18. The molecule has 1 aliphatic rings. The van der Waals surface area contributed by atoms with Crippen LogP contribution in [0.4, 0.5) is 0 Å². The molecule has 0 saturated carbocycles. The molecule has 0 saturated heterocycles. The lowest BCUT2D eigenvalue weighted by molar-refractivity contribution is 0.251. The third-order valence-electron chi connectivity index (χ3n) is 2.94. The Morgan fingerprint density at radius 3 is 3.06 bits per heavy atom. The smallest absolute Gasteiger partial charge is 0.127 e. The van der Waals surface area contributed by atoms with Crippen LogP contribution in [0.5, 0.6) is 5.75 Å². The van der Waals surface area contributed by atoms with Crippen LogP contribution in [-0.4, -0.2) is 13.2 Å². The first-order valence-corrected chi connectivity index (χ1v) is 6.68. The maximum absolute atomic E-state index is 5.76. The summed E-state index contributed by atoms with van der Waals surface area (Å²) < 4.78 is 6.90. The van der Waals surface area contributed by atoms with Gasteiger partial charge in [-0.05, 0) is 37.6 Å². The molecule has 0 radical (unpaired) electrons. The molecule has 1 heterocycles.